The molecule has 0 N–H and O–H groups in total. The van der Waals surface area contributed by atoms with E-state index in [1.807, 2.05) is 7.11 Å². The highest BCUT2D eigenvalue weighted by Gasteiger charge is 2.61. The highest BCUT2D eigenvalue weighted by Crippen LogP contribution is 2.67. The lowest BCUT2D eigenvalue weighted by atomic mass is 9.46. The number of ether oxygens (including phenoxy) is 1. The van der Waals surface area contributed by atoms with E-state index in [2.05, 4.69) is 51.6 Å². The Hall–Kier alpha value is 0.0500. The summed E-state index contributed by atoms with van der Waals surface area (Å²) < 4.78 is 5.80. The minimum atomic E-state index is 0.420. The standard InChI is InChI=1S/C22H36OS/c1-14-13-19-22(4,10-6-12-24-19)18-9-11-21(3)16(15(2)23-5)7-8-17(21)20(14)18/h6,10,14-20H,7-9,11-13H2,1-5H3/t14-,15?,16+,17-,18-,19+,20-,21+,22+/m0/s1. The number of rotatable bonds is 2. The second kappa shape index (κ2) is 6.05. The van der Waals surface area contributed by atoms with Crippen LogP contribution in [0.2, 0.25) is 0 Å². The predicted octanol–water partition coefficient (Wildman–Crippen LogP) is 5.80. The maximum Gasteiger partial charge on any atom is 0.0576 e. The molecule has 0 aromatic carbocycles. The van der Waals surface area contributed by atoms with Crippen molar-refractivity contribution in [1.29, 1.82) is 0 Å². The average molecular weight is 349 g/mol. The molecule has 1 heterocycles. The number of allylic oxidation sites excluding steroid dienone is 1. The van der Waals surface area contributed by atoms with E-state index in [9.17, 15) is 0 Å². The SMILES string of the molecule is COC(C)[C@H]1CC[C@H]2[C@@H]3[C@@H](C)C[C@H]4SCC=C[C@]4(C)[C@H]3CC[C@]12C. The van der Waals surface area contributed by atoms with Crippen LogP contribution in [0.4, 0.5) is 0 Å². The van der Waals surface area contributed by atoms with Crippen molar-refractivity contribution in [3.05, 3.63) is 12.2 Å². The van der Waals surface area contributed by atoms with E-state index in [0.29, 0.717) is 16.9 Å². The Morgan fingerprint density at radius 2 is 1.96 bits per heavy atom. The summed E-state index contributed by atoms with van der Waals surface area (Å²) in [7, 11) is 1.91. The van der Waals surface area contributed by atoms with E-state index in [1.54, 1.807) is 0 Å². The molecule has 0 aromatic heterocycles. The first-order valence-corrected chi connectivity index (χ1v) is 11.3. The molecule has 3 aliphatic carbocycles. The predicted molar refractivity (Wildman–Crippen MR) is 104 cm³/mol. The summed E-state index contributed by atoms with van der Waals surface area (Å²) in [4.78, 5) is 0. The molecular weight excluding hydrogens is 312 g/mol. The van der Waals surface area contributed by atoms with E-state index in [1.165, 1.54) is 37.9 Å². The van der Waals surface area contributed by atoms with E-state index in [-0.39, 0.29) is 0 Å². The van der Waals surface area contributed by atoms with Crippen LogP contribution in [-0.2, 0) is 4.74 Å². The van der Waals surface area contributed by atoms with Gasteiger partial charge in [-0.1, -0.05) is 32.9 Å². The number of hydrogen-bond acceptors (Lipinski definition) is 2. The smallest absolute Gasteiger partial charge is 0.0576 e. The van der Waals surface area contributed by atoms with Crippen LogP contribution in [0, 0.1) is 40.4 Å². The topological polar surface area (TPSA) is 9.23 Å². The average Bonchev–Trinajstić information content (AvgIpc) is 2.92. The quantitative estimate of drug-likeness (QED) is 0.583. The van der Waals surface area contributed by atoms with Gasteiger partial charge in [-0.15, -0.1) is 0 Å². The molecular formula is C22H36OS. The van der Waals surface area contributed by atoms with Crippen molar-refractivity contribution in [3.63, 3.8) is 0 Å². The molecule has 3 fully saturated rings. The summed E-state index contributed by atoms with van der Waals surface area (Å²) in [6, 6.07) is 0. The number of fused-ring (bicyclic) bond motifs is 5. The van der Waals surface area contributed by atoms with Gasteiger partial charge >= 0.3 is 0 Å². The largest absolute Gasteiger partial charge is 0.381 e. The molecule has 0 radical (unpaired) electrons. The van der Waals surface area contributed by atoms with Crippen LogP contribution in [0.5, 0.6) is 0 Å². The molecule has 0 amide bonds. The van der Waals surface area contributed by atoms with E-state index >= 15 is 0 Å². The zero-order chi connectivity index (χ0) is 17.1. The molecule has 1 unspecified atom stereocenters. The minimum absolute atomic E-state index is 0.420. The van der Waals surface area contributed by atoms with Gasteiger partial charge in [0.1, 0.15) is 0 Å². The first-order valence-electron chi connectivity index (χ1n) is 10.2. The fourth-order valence-corrected chi connectivity index (χ4v) is 9.12. The third kappa shape index (κ3) is 2.31. The maximum atomic E-state index is 5.80. The lowest BCUT2D eigenvalue weighted by Crippen LogP contribution is -2.56. The monoisotopic (exact) mass is 348 g/mol. The molecule has 0 spiro atoms. The van der Waals surface area contributed by atoms with Crippen LogP contribution < -0.4 is 0 Å². The highest BCUT2D eigenvalue weighted by molar-refractivity contribution is 8.00. The van der Waals surface area contributed by atoms with Crippen molar-refractivity contribution in [2.45, 2.75) is 71.2 Å². The third-order valence-corrected chi connectivity index (χ3v) is 10.4. The Kier molecular flexibility index (Phi) is 4.40. The van der Waals surface area contributed by atoms with E-state index in [0.717, 1.165) is 34.8 Å². The molecule has 24 heavy (non-hydrogen) atoms. The van der Waals surface area contributed by atoms with Crippen LogP contribution in [-0.4, -0.2) is 24.2 Å². The van der Waals surface area contributed by atoms with Crippen molar-refractivity contribution < 1.29 is 4.74 Å². The van der Waals surface area contributed by atoms with Gasteiger partial charge in [-0.25, -0.2) is 0 Å². The molecule has 1 nitrogen and oxygen atoms in total. The van der Waals surface area contributed by atoms with Crippen LogP contribution in [0.25, 0.3) is 0 Å². The third-order valence-electron chi connectivity index (χ3n) is 8.95. The van der Waals surface area contributed by atoms with E-state index < -0.39 is 0 Å². The van der Waals surface area contributed by atoms with Crippen LogP contribution in [0.3, 0.4) is 0 Å². The molecule has 4 aliphatic rings. The Morgan fingerprint density at radius 1 is 1.17 bits per heavy atom. The zero-order valence-corrected chi connectivity index (χ0v) is 17.1. The number of thioether (sulfide) groups is 1. The molecule has 136 valence electrons. The number of methoxy groups -OCH3 is 1. The summed E-state index contributed by atoms with van der Waals surface area (Å²) in [5.41, 5.74) is 0.964. The van der Waals surface area contributed by atoms with E-state index in [4.69, 9.17) is 4.74 Å². The van der Waals surface area contributed by atoms with Crippen LogP contribution >= 0.6 is 11.8 Å². The fourth-order valence-electron chi connectivity index (χ4n) is 7.63. The summed E-state index contributed by atoms with van der Waals surface area (Å²) >= 11 is 2.23. The normalized spacial score (nSPS) is 54.7. The lowest BCUT2D eigenvalue weighted by molar-refractivity contribution is -0.0933. The Balaban J connectivity index is 1.67. The fraction of sp³-hybridized carbons (Fsp3) is 0.909. The van der Waals surface area contributed by atoms with Gasteiger partial charge in [-0.05, 0) is 74.0 Å². The summed E-state index contributed by atoms with van der Waals surface area (Å²) in [6.07, 6.45) is 12.6. The summed E-state index contributed by atoms with van der Waals surface area (Å²) in [5, 5.41) is 0.859. The summed E-state index contributed by atoms with van der Waals surface area (Å²) in [5.74, 6) is 5.66. The van der Waals surface area contributed by atoms with Gasteiger partial charge < -0.3 is 4.74 Å². The molecule has 0 bridgehead atoms. The Morgan fingerprint density at radius 3 is 2.71 bits per heavy atom. The summed E-state index contributed by atoms with van der Waals surface area (Å²) in [6.45, 7) is 10.1. The van der Waals surface area contributed by atoms with Crippen LogP contribution in [0.1, 0.15) is 59.8 Å². The Bertz CT molecular complexity index is 516. The number of hydrogen-bond donors (Lipinski definition) is 0. The second-order valence-electron chi connectivity index (χ2n) is 9.76. The van der Waals surface area contributed by atoms with Gasteiger partial charge in [0.2, 0.25) is 0 Å². The van der Waals surface area contributed by atoms with Crippen molar-refractivity contribution in [2.24, 2.45) is 40.4 Å². The lowest BCUT2D eigenvalue weighted by Gasteiger charge is -2.61. The van der Waals surface area contributed by atoms with Crippen molar-refractivity contribution in [3.8, 4) is 0 Å². The van der Waals surface area contributed by atoms with Crippen molar-refractivity contribution in [2.75, 3.05) is 12.9 Å². The van der Waals surface area contributed by atoms with Gasteiger partial charge in [-0.2, -0.15) is 11.8 Å². The maximum absolute atomic E-state index is 5.80. The van der Waals surface area contributed by atoms with Crippen molar-refractivity contribution in [1.82, 2.24) is 0 Å². The van der Waals surface area contributed by atoms with Gasteiger partial charge in [0.25, 0.3) is 0 Å². The Labute approximate surface area is 153 Å². The highest BCUT2D eigenvalue weighted by atomic mass is 32.2. The minimum Gasteiger partial charge on any atom is -0.381 e. The molecule has 9 atom stereocenters. The molecule has 4 rings (SSSR count). The molecule has 3 saturated carbocycles. The van der Waals surface area contributed by atoms with Gasteiger partial charge in [0.05, 0.1) is 6.10 Å². The van der Waals surface area contributed by atoms with Crippen LogP contribution in [0.15, 0.2) is 12.2 Å². The molecule has 2 heteroatoms. The first-order chi connectivity index (χ1) is 11.4. The molecule has 0 aromatic rings. The van der Waals surface area contributed by atoms with Gasteiger partial charge in [0.15, 0.2) is 0 Å². The first kappa shape index (κ1) is 17.5. The second-order valence-corrected chi connectivity index (χ2v) is 11.0. The van der Waals surface area contributed by atoms with Gasteiger partial charge in [-0.3, -0.25) is 0 Å². The molecule has 0 saturated heterocycles. The van der Waals surface area contributed by atoms with Gasteiger partial charge in [0, 0.05) is 23.5 Å². The molecule has 1 aliphatic heterocycles. The zero-order valence-electron chi connectivity index (χ0n) is 16.3. The van der Waals surface area contributed by atoms with Crippen molar-refractivity contribution >= 4 is 11.8 Å².